The Morgan fingerprint density at radius 2 is 2.39 bits per heavy atom. The van der Waals surface area contributed by atoms with Gasteiger partial charge in [-0.2, -0.15) is 5.26 Å². The maximum Gasteiger partial charge on any atom is 0.101 e. The van der Waals surface area contributed by atoms with Crippen molar-refractivity contribution in [2.75, 3.05) is 13.1 Å². The van der Waals surface area contributed by atoms with E-state index in [0.29, 0.717) is 11.5 Å². The maximum absolute atomic E-state index is 9.10. The number of pyridine rings is 1. The minimum atomic E-state index is 0.606. The summed E-state index contributed by atoms with van der Waals surface area (Å²) in [5, 5.41) is 12.6. The van der Waals surface area contributed by atoms with Crippen molar-refractivity contribution in [3.63, 3.8) is 0 Å². The summed E-state index contributed by atoms with van der Waals surface area (Å²) in [5.74, 6) is 1.39. The van der Waals surface area contributed by atoms with Gasteiger partial charge in [0.1, 0.15) is 6.07 Å². The topological polar surface area (TPSA) is 48.7 Å². The number of fused-ring (bicyclic) bond motifs is 1. The lowest BCUT2D eigenvalue weighted by Crippen LogP contribution is -2.34. The zero-order valence-electron chi connectivity index (χ0n) is 10.6. The molecule has 2 aliphatic rings. The first-order valence-corrected chi connectivity index (χ1v) is 6.57. The highest BCUT2D eigenvalue weighted by Gasteiger charge is 2.32. The van der Waals surface area contributed by atoms with E-state index in [1.165, 1.54) is 18.4 Å². The minimum Gasteiger partial charge on any atom is -0.316 e. The third kappa shape index (κ3) is 1.83. The van der Waals surface area contributed by atoms with Crippen molar-refractivity contribution in [1.82, 2.24) is 10.3 Å². The lowest BCUT2D eigenvalue weighted by atomic mass is 9.83. The van der Waals surface area contributed by atoms with E-state index >= 15 is 0 Å². The van der Waals surface area contributed by atoms with E-state index in [0.717, 1.165) is 30.3 Å². The van der Waals surface area contributed by atoms with Crippen LogP contribution in [0.2, 0.25) is 0 Å². The molecule has 0 radical (unpaired) electrons. The van der Waals surface area contributed by atoms with Gasteiger partial charge >= 0.3 is 0 Å². The van der Waals surface area contributed by atoms with Crippen LogP contribution < -0.4 is 5.32 Å². The number of aryl methyl sites for hydroxylation is 1. The fraction of sp³-hybridized carbons (Fsp3) is 0.467. The van der Waals surface area contributed by atoms with Gasteiger partial charge in [0, 0.05) is 12.7 Å². The fourth-order valence-electron chi connectivity index (χ4n) is 3.12. The summed E-state index contributed by atoms with van der Waals surface area (Å²) in [5.41, 5.74) is 4.03. The summed E-state index contributed by atoms with van der Waals surface area (Å²) in [6.45, 7) is 4.08. The summed E-state index contributed by atoms with van der Waals surface area (Å²) in [7, 11) is 0. The van der Waals surface area contributed by atoms with Gasteiger partial charge in [-0.1, -0.05) is 6.08 Å². The number of hydrogen-bond acceptors (Lipinski definition) is 3. The van der Waals surface area contributed by atoms with Crippen molar-refractivity contribution in [2.45, 2.75) is 19.8 Å². The van der Waals surface area contributed by atoms with Crippen LogP contribution in [0, 0.1) is 30.1 Å². The van der Waals surface area contributed by atoms with E-state index < -0.39 is 0 Å². The first kappa shape index (κ1) is 11.4. The highest BCUT2D eigenvalue weighted by molar-refractivity contribution is 5.70. The highest BCUT2D eigenvalue weighted by atomic mass is 14.9. The van der Waals surface area contributed by atoms with E-state index in [4.69, 9.17) is 5.26 Å². The summed E-state index contributed by atoms with van der Waals surface area (Å²) in [4.78, 5) is 4.35. The monoisotopic (exact) mass is 239 g/mol. The fourth-order valence-corrected chi connectivity index (χ4v) is 3.12. The molecule has 3 heteroatoms. The second-order valence-corrected chi connectivity index (χ2v) is 5.22. The molecule has 1 fully saturated rings. The normalized spacial score (nSPS) is 26.3. The Kier molecular flexibility index (Phi) is 2.89. The zero-order valence-corrected chi connectivity index (χ0v) is 10.6. The molecule has 0 saturated carbocycles. The summed E-state index contributed by atoms with van der Waals surface area (Å²) < 4.78 is 0. The molecular formula is C15H17N3. The van der Waals surface area contributed by atoms with Crippen LogP contribution in [0.25, 0.3) is 5.57 Å². The second-order valence-electron chi connectivity index (χ2n) is 5.22. The first-order chi connectivity index (χ1) is 8.79. The number of aromatic nitrogens is 1. The molecule has 2 heterocycles. The first-order valence-electron chi connectivity index (χ1n) is 6.57. The summed E-state index contributed by atoms with van der Waals surface area (Å²) in [6.07, 6.45) is 6.70. The largest absolute Gasteiger partial charge is 0.316 e. The van der Waals surface area contributed by atoms with Gasteiger partial charge in [0.2, 0.25) is 0 Å². The third-order valence-corrected chi connectivity index (χ3v) is 4.21. The molecule has 1 aromatic heterocycles. The SMILES string of the molecule is Cc1ncc(C2=CC[C@@H]3CCNC[C@H]23)cc1C#N. The number of rotatable bonds is 1. The molecule has 1 aromatic rings. The molecular weight excluding hydrogens is 222 g/mol. The van der Waals surface area contributed by atoms with Crippen LogP contribution in [-0.2, 0) is 0 Å². The summed E-state index contributed by atoms with van der Waals surface area (Å²) in [6, 6.07) is 4.22. The molecule has 18 heavy (non-hydrogen) atoms. The van der Waals surface area contributed by atoms with Gasteiger partial charge in [0.25, 0.3) is 0 Å². The molecule has 1 saturated heterocycles. The Morgan fingerprint density at radius 3 is 3.22 bits per heavy atom. The molecule has 92 valence electrons. The van der Waals surface area contributed by atoms with Gasteiger partial charge in [0.15, 0.2) is 0 Å². The molecule has 0 aromatic carbocycles. The van der Waals surface area contributed by atoms with Gasteiger partial charge < -0.3 is 5.32 Å². The molecule has 3 rings (SSSR count). The van der Waals surface area contributed by atoms with Gasteiger partial charge in [-0.05, 0) is 55.3 Å². The van der Waals surface area contributed by atoms with Gasteiger partial charge in [0.05, 0.1) is 11.3 Å². The molecule has 3 nitrogen and oxygen atoms in total. The third-order valence-electron chi connectivity index (χ3n) is 4.21. The summed E-state index contributed by atoms with van der Waals surface area (Å²) >= 11 is 0. The Balaban J connectivity index is 1.94. The van der Waals surface area contributed by atoms with Crippen molar-refractivity contribution in [3.05, 3.63) is 35.2 Å². The number of nitrogens with zero attached hydrogens (tertiary/aromatic N) is 2. The van der Waals surface area contributed by atoms with Crippen molar-refractivity contribution < 1.29 is 0 Å². The van der Waals surface area contributed by atoms with Crippen LogP contribution in [0.1, 0.15) is 29.7 Å². The quantitative estimate of drug-likeness (QED) is 0.818. The standard InChI is InChI=1S/C15H17N3/c1-10-12(7-16)6-13(8-18-10)14-3-2-11-4-5-17-9-15(11)14/h3,6,8,11,15,17H,2,4-5,9H2,1H3/t11-,15+/m1/s1. The number of hydrogen-bond donors (Lipinski definition) is 1. The van der Waals surface area contributed by atoms with Crippen LogP contribution in [0.15, 0.2) is 18.3 Å². The van der Waals surface area contributed by atoms with E-state index in [2.05, 4.69) is 22.4 Å². The number of allylic oxidation sites excluding steroid dienone is 1. The minimum absolute atomic E-state index is 0.606. The zero-order chi connectivity index (χ0) is 12.5. The van der Waals surface area contributed by atoms with E-state index in [1.807, 2.05) is 19.2 Å². The average Bonchev–Trinajstić information content (AvgIpc) is 2.83. The highest BCUT2D eigenvalue weighted by Crippen LogP contribution is 2.40. The lowest BCUT2D eigenvalue weighted by molar-refractivity contribution is 0.328. The van der Waals surface area contributed by atoms with E-state index in [9.17, 15) is 0 Å². The van der Waals surface area contributed by atoms with Crippen molar-refractivity contribution in [3.8, 4) is 6.07 Å². The van der Waals surface area contributed by atoms with Crippen LogP contribution in [0.3, 0.4) is 0 Å². The van der Waals surface area contributed by atoms with Crippen LogP contribution in [0.4, 0.5) is 0 Å². The van der Waals surface area contributed by atoms with Crippen LogP contribution in [-0.4, -0.2) is 18.1 Å². The van der Waals surface area contributed by atoms with E-state index in [1.54, 1.807) is 0 Å². The number of nitriles is 1. The van der Waals surface area contributed by atoms with Gasteiger partial charge in [-0.25, -0.2) is 0 Å². The lowest BCUT2D eigenvalue weighted by Gasteiger charge is -2.28. The Morgan fingerprint density at radius 1 is 1.50 bits per heavy atom. The molecule has 1 N–H and O–H groups in total. The maximum atomic E-state index is 9.10. The Labute approximate surface area is 108 Å². The second kappa shape index (κ2) is 4.55. The molecule has 0 unspecified atom stereocenters. The molecule has 0 spiro atoms. The van der Waals surface area contributed by atoms with Crippen LogP contribution >= 0.6 is 0 Å². The van der Waals surface area contributed by atoms with Gasteiger partial charge in [-0.3, -0.25) is 4.98 Å². The number of nitrogens with one attached hydrogen (secondary N) is 1. The molecule has 2 atom stereocenters. The molecule has 0 amide bonds. The molecule has 0 bridgehead atoms. The smallest absolute Gasteiger partial charge is 0.101 e. The predicted molar refractivity (Wildman–Crippen MR) is 70.7 cm³/mol. The molecule has 1 aliphatic heterocycles. The van der Waals surface area contributed by atoms with Crippen molar-refractivity contribution >= 4 is 5.57 Å². The van der Waals surface area contributed by atoms with Gasteiger partial charge in [-0.15, -0.1) is 0 Å². The van der Waals surface area contributed by atoms with E-state index in [-0.39, 0.29) is 0 Å². The Bertz CT molecular complexity index is 539. The van der Waals surface area contributed by atoms with Crippen molar-refractivity contribution in [2.24, 2.45) is 11.8 Å². The molecule has 1 aliphatic carbocycles. The average molecular weight is 239 g/mol. The Hall–Kier alpha value is -1.66. The van der Waals surface area contributed by atoms with Crippen LogP contribution in [0.5, 0.6) is 0 Å². The number of piperidine rings is 1. The predicted octanol–water partition coefficient (Wildman–Crippen LogP) is 2.27. The van der Waals surface area contributed by atoms with Crippen molar-refractivity contribution in [1.29, 1.82) is 5.26 Å².